The van der Waals surface area contributed by atoms with Crippen LogP contribution in [0.1, 0.15) is 5.56 Å². The van der Waals surface area contributed by atoms with Gasteiger partial charge in [0.1, 0.15) is 10.7 Å². The highest BCUT2D eigenvalue weighted by Gasteiger charge is 2.08. The lowest BCUT2D eigenvalue weighted by Crippen LogP contribution is -2.02. The van der Waals surface area contributed by atoms with Crippen LogP contribution in [0.4, 0.5) is 0 Å². The minimum Gasteiger partial charge on any atom is -0.197 e. The summed E-state index contributed by atoms with van der Waals surface area (Å²) in [6.07, 6.45) is 0.575. The number of halogens is 1. The van der Waals surface area contributed by atoms with E-state index in [9.17, 15) is 0 Å². The first-order valence-electron chi connectivity index (χ1n) is 3.95. The Kier molecular flexibility index (Phi) is 4.32. The molecule has 0 heterocycles. The number of rotatable bonds is 3. The molecule has 1 aromatic carbocycles. The summed E-state index contributed by atoms with van der Waals surface area (Å²) in [4.78, 5) is 0. The Balaban J connectivity index is 2.65. The van der Waals surface area contributed by atoms with Crippen molar-refractivity contribution in [2.45, 2.75) is 11.7 Å². The van der Waals surface area contributed by atoms with Crippen LogP contribution in [-0.2, 0) is 6.42 Å². The molecule has 1 atom stereocenters. The Morgan fingerprint density at radius 2 is 1.93 bits per heavy atom. The molecule has 0 saturated heterocycles. The van der Waals surface area contributed by atoms with Gasteiger partial charge in [0, 0.05) is 5.02 Å². The number of hydrogen-bond donors (Lipinski definition) is 0. The molecule has 0 fully saturated rings. The summed E-state index contributed by atoms with van der Waals surface area (Å²) < 4.78 is 0. The summed E-state index contributed by atoms with van der Waals surface area (Å²) in [5, 5.41) is 19.4. The van der Waals surface area contributed by atoms with Crippen LogP contribution in [0.25, 0.3) is 0 Å². The second kappa shape index (κ2) is 5.54. The quantitative estimate of drug-likeness (QED) is 0.739. The van der Waals surface area contributed by atoms with Gasteiger partial charge in [-0.05, 0) is 35.9 Å². The van der Waals surface area contributed by atoms with Gasteiger partial charge < -0.3 is 0 Å². The van der Waals surface area contributed by atoms with Gasteiger partial charge in [0.2, 0.25) is 0 Å². The lowest BCUT2D eigenvalue weighted by molar-refractivity contribution is 1.03. The maximum Gasteiger partial charge on any atom is 0.134 e. The van der Waals surface area contributed by atoms with Crippen molar-refractivity contribution in [2.24, 2.45) is 0 Å². The number of hydrogen-bond acceptors (Lipinski definition) is 3. The highest BCUT2D eigenvalue weighted by molar-refractivity contribution is 8.04. The zero-order valence-corrected chi connectivity index (χ0v) is 8.85. The Bertz CT molecular complexity index is 375. The van der Waals surface area contributed by atoms with Crippen LogP contribution in [0.5, 0.6) is 0 Å². The van der Waals surface area contributed by atoms with Gasteiger partial charge >= 0.3 is 0 Å². The van der Waals surface area contributed by atoms with Crippen LogP contribution >= 0.6 is 23.4 Å². The molecular weight excluding hydrogens is 216 g/mol. The van der Waals surface area contributed by atoms with Crippen LogP contribution in [0.15, 0.2) is 24.3 Å². The predicted molar refractivity (Wildman–Crippen MR) is 57.8 cm³/mol. The maximum atomic E-state index is 8.73. The Morgan fingerprint density at radius 1 is 1.29 bits per heavy atom. The summed E-state index contributed by atoms with van der Waals surface area (Å²) in [6, 6.07) is 9.37. The van der Waals surface area contributed by atoms with Crippen molar-refractivity contribution in [3.05, 3.63) is 34.9 Å². The molecule has 0 aliphatic carbocycles. The van der Waals surface area contributed by atoms with E-state index in [1.807, 2.05) is 17.5 Å². The smallest absolute Gasteiger partial charge is 0.134 e. The third kappa shape index (κ3) is 3.30. The van der Waals surface area contributed by atoms with Gasteiger partial charge in [-0.1, -0.05) is 23.7 Å². The van der Waals surface area contributed by atoms with Crippen LogP contribution < -0.4 is 0 Å². The summed E-state index contributed by atoms with van der Waals surface area (Å²) >= 11 is 6.71. The molecule has 0 bridgehead atoms. The Morgan fingerprint density at radius 3 is 2.43 bits per heavy atom. The van der Waals surface area contributed by atoms with Crippen molar-refractivity contribution in [3.63, 3.8) is 0 Å². The molecule has 2 nitrogen and oxygen atoms in total. The van der Waals surface area contributed by atoms with Gasteiger partial charge in [0.25, 0.3) is 0 Å². The molecule has 0 aromatic heterocycles. The summed E-state index contributed by atoms with van der Waals surface area (Å²) in [6.45, 7) is 0. The van der Waals surface area contributed by atoms with E-state index in [0.717, 1.165) is 17.3 Å². The average molecular weight is 223 g/mol. The second-order valence-corrected chi connectivity index (χ2v) is 4.08. The van der Waals surface area contributed by atoms with Crippen molar-refractivity contribution in [3.8, 4) is 11.5 Å². The summed E-state index contributed by atoms with van der Waals surface area (Å²) in [7, 11) is 0. The van der Waals surface area contributed by atoms with E-state index in [1.165, 1.54) is 0 Å². The van der Waals surface area contributed by atoms with E-state index in [2.05, 4.69) is 6.07 Å². The minimum absolute atomic E-state index is 0.304. The molecule has 0 aliphatic heterocycles. The zero-order chi connectivity index (χ0) is 10.4. The topological polar surface area (TPSA) is 47.6 Å². The number of thioether (sulfide) groups is 1. The fourth-order valence-corrected chi connectivity index (χ4v) is 1.59. The Labute approximate surface area is 92.1 Å². The lowest BCUT2D eigenvalue weighted by atomic mass is 10.1. The van der Waals surface area contributed by atoms with Gasteiger partial charge in [0.15, 0.2) is 0 Å². The monoisotopic (exact) mass is 222 g/mol. The van der Waals surface area contributed by atoms with Crippen molar-refractivity contribution in [1.82, 2.24) is 0 Å². The first-order valence-corrected chi connectivity index (χ1v) is 5.21. The number of nitriles is 2. The van der Waals surface area contributed by atoms with Crippen molar-refractivity contribution >= 4 is 23.4 Å². The molecule has 4 heteroatoms. The largest absolute Gasteiger partial charge is 0.197 e. The summed E-state index contributed by atoms with van der Waals surface area (Å²) in [5.74, 6) is 0. The van der Waals surface area contributed by atoms with Crippen LogP contribution in [-0.4, -0.2) is 5.25 Å². The molecule has 1 rings (SSSR count). The lowest BCUT2D eigenvalue weighted by Gasteiger charge is -2.03. The molecule has 0 N–H and O–H groups in total. The number of thiocyanates is 1. The Hall–Kier alpha value is -1.16. The summed E-state index contributed by atoms with van der Waals surface area (Å²) in [5.41, 5.74) is 1.02. The van der Waals surface area contributed by atoms with Crippen molar-refractivity contribution < 1.29 is 0 Å². The highest BCUT2D eigenvalue weighted by Crippen LogP contribution is 2.16. The molecule has 0 radical (unpaired) electrons. The SMILES string of the molecule is N#CS[C@@H](C#N)Cc1ccc(Cl)cc1. The molecule has 1 aromatic rings. The van der Waals surface area contributed by atoms with Crippen LogP contribution in [0.2, 0.25) is 5.02 Å². The van der Waals surface area contributed by atoms with Crippen LogP contribution in [0.3, 0.4) is 0 Å². The molecule has 0 amide bonds. The molecule has 0 aliphatic rings. The zero-order valence-electron chi connectivity index (χ0n) is 7.27. The molecular formula is C10H7ClN2S. The normalized spacial score (nSPS) is 11.4. The van der Waals surface area contributed by atoms with E-state index < -0.39 is 0 Å². The number of benzene rings is 1. The van der Waals surface area contributed by atoms with Gasteiger partial charge in [-0.3, -0.25) is 0 Å². The van der Waals surface area contributed by atoms with E-state index in [4.69, 9.17) is 22.1 Å². The first-order chi connectivity index (χ1) is 6.76. The van der Waals surface area contributed by atoms with E-state index in [0.29, 0.717) is 11.4 Å². The fraction of sp³-hybridized carbons (Fsp3) is 0.200. The molecule has 70 valence electrons. The molecule has 0 spiro atoms. The molecule has 0 unspecified atom stereocenters. The molecule has 0 saturated carbocycles. The standard InChI is InChI=1S/C10H7ClN2S/c11-9-3-1-8(2-4-9)5-10(6-12)14-7-13/h1-4,10H,5H2/t10-/m1/s1. The second-order valence-electron chi connectivity index (χ2n) is 2.66. The predicted octanol–water partition coefficient (Wildman–Crippen LogP) is 2.99. The van der Waals surface area contributed by atoms with E-state index >= 15 is 0 Å². The van der Waals surface area contributed by atoms with Crippen molar-refractivity contribution in [1.29, 1.82) is 10.5 Å². The van der Waals surface area contributed by atoms with Gasteiger partial charge in [-0.25, -0.2) is 0 Å². The maximum absolute atomic E-state index is 8.73. The highest BCUT2D eigenvalue weighted by atomic mass is 35.5. The third-order valence-corrected chi connectivity index (χ3v) is 2.59. The first kappa shape index (κ1) is 10.9. The molecule has 14 heavy (non-hydrogen) atoms. The third-order valence-electron chi connectivity index (χ3n) is 1.67. The number of nitrogens with zero attached hydrogens (tertiary/aromatic N) is 2. The van der Waals surface area contributed by atoms with Gasteiger partial charge in [-0.2, -0.15) is 10.5 Å². The van der Waals surface area contributed by atoms with Gasteiger partial charge in [-0.15, -0.1) is 0 Å². The van der Waals surface area contributed by atoms with Crippen LogP contribution in [0, 0.1) is 22.0 Å². The average Bonchev–Trinajstić information content (AvgIpc) is 2.20. The van der Waals surface area contributed by atoms with E-state index in [1.54, 1.807) is 12.1 Å². The fourth-order valence-electron chi connectivity index (χ4n) is 1.01. The van der Waals surface area contributed by atoms with E-state index in [-0.39, 0.29) is 5.25 Å². The van der Waals surface area contributed by atoms with Gasteiger partial charge in [0.05, 0.1) is 6.07 Å². The minimum atomic E-state index is -0.304. The van der Waals surface area contributed by atoms with Crippen molar-refractivity contribution in [2.75, 3.05) is 0 Å².